The number of thiophene rings is 1. The number of amides is 1. The Labute approximate surface area is 116 Å². The number of nitrogens with zero attached hydrogens (tertiary/aromatic N) is 2. The molecular formula is C13H18N4OS. The summed E-state index contributed by atoms with van der Waals surface area (Å²) in [6, 6.07) is 4.13. The molecule has 0 radical (unpaired) electrons. The maximum atomic E-state index is 12.0. The van der Waals surface area contributed by atoms with Crippen molar-refractivity contribution in [2.24, 2.45) is 0 Å². The Morgan fingerprint density at radius 3 is 2.74 bits per heavy atom. The highest BCUT2D eigenvalue weighted by Gasteiger charge is 2.14. The fourth-order valence-corrected chi connectivity index (χ4v) is 2.63. The van der Waals surface area contributed by atoms with Crippen LogP contribution in [-0.2, 0) is 19.5 Å². The molecule has 0 aromatic carbocycles. The van der Waals surface area contributed by atoms with Gasteiger partial charge in [0, 0.05) is 22.5 Å². The number of carbonyl (C=O) groups excluding carboxylic acids is 1. The largest absolute Gasteiger partial charge is 0.396 e. The van der Waals surface area contributed by atoms with Crippen molar-refractivity contribution in [3.05, 3.63) is 33.8 Å². The van der Waals surface area contributed by atoms with E-state index in [2.05, 4.69) is 23.4 Å². The summed E-state index contributed by atoms with van der Waals surface area (Å²) in [5, 5.41) is 6.99. The van der Waals surface area contributed by atoms with E-state index >= 15 is 0 Å². The molecule has 19 heavy (non-hydrogen) atoms. The van der Waals surface area contributed by atoms with Crippen molar-refractivity contribution >= 4 is 22.9 Å². The predicted molar refractivity (Wildman–Crippen MR) is 77.2 cm³/mol. The van der Waals surface area contributed by atoms with Crippen LogP contribution in [-0.4, -0.2) is 15.7 Å². The monoisotopic (exact) mass is 278 g/mol. The molecule has 0 fully saturated rings. The molecule has 2 aromatic heterocycles. The van der Waals surface area contributed by atoms with Crippen LogP contribution in [0, 0.1) is 0 Å². The average molecular weight is 278 g/mol. The second-order valence-corrected chi connectivity index (χ2v) is 5.45. The van der Waals surface area contributed by atoms with Crippen molar-refractivity contribution in [3.63, 3.8) is 0 Å². The zero-order valence-electron chi connectivity index (χ0n) is 11.1. The Bertz CT molecular complexity index is 573. The number of nitrogen functional groups attached to an aromatic ring is 1. The molecule has 0 aliphatic carbocycles. The van der Waals surface area contributed by atoms with E-state index in [0.717, 1.165) is 11.3 Å². The van der Waals surface area contributed by atoms with Crippen LogP contribution in [0.4, 0.5) is 5.69 Å². The lowest BCUT2D eigenvalue weighted by molar-refractivity contribution is 0.0946. The van der Waals surface area contributed by atoms with E-state index in [1.165, 1.54) is 4.88 Å². The van der Waals surface area contributed by atoms with Crippen LogP contribution < -0.4 is 11.1 Å². The third-order valence-corrected chi connectivity index (χ3v) is 4.05. The summed E-state index contributed by atoms with van der Waals surface area (Å²) in [6.45, 7) is 5.28. The van der Waals surface area contributed by atoms with E-state index in [9.17, 15) is 4.79 Å². The number of anilines is 1. The summed E-state index contributed by atoms with van der Waals surface area (Å²) in [4.78, 5) is 14.4. The average Bonchev–Trinajstić information content (AvgIpc) is 3.02. The number of rotatable bonds is 5. The molecule has 6 heteroatoms. The summed E-state index contributed by atoms with van der Waals surface area (Å²) in [6.07, 6.45) is 2.70. The van der Waals surface area contributed by atoms with Gasteiger partial charge in [-0.05, 0) is 25.5 Å². The molecule has 0 saturated carbocycles. The van der Waals surface area contributed by atoms with Crippen LogP contribution in [0.2, 0.25) is 0 Å². The van der Waals surface area contributed by atoms with Crippen molar-refractivity contribution in [1.82, 2.24) is 15.1 Å². The Morgan fingerprint density at radius 1 is 1.42 bits per heavy atom. The summed E-state index contributed by atoms with van der Waals surface area (Å²) >= 11 is 1.71. The van der Waals surface area contributed by atoms with Crippen molar-refractivity contribution in [2.45, 2.75) is 33.4 Å². The Morgan fingerprint density at radius 2 is 2.16 bits per heavy atom. The molecule has 0 saturated heterocycles. The number of nitrogens with two attached hydrogens (primary N) is 1. The maximum Gasteiger partial charge on any atom is 0.274 e. The summed E-state index contributed by atoms with van der Waals surface area (Å²) in [5.74, 6) is -0.226. The zero-order valence-corrected chi connectivity index (χ0v) is 12.0. The summed E-state index contributed by atoms with van der Waals surface area (Å²) in [5.41, 5.74) is 6.49. The van der Waals surface area contributed by atoms with Gasteiger partial charge in [0.1, 0.15) is 0 Å². The fraction of sp³-hybridized carbons (Fsp3) is 0.385. The summed E-state index contributed by atoms with van der Waals surface area (Å²) in [7, 11) is 0. The lowest BCUT2D eigenvalue weighted by Crippen LogP contribution is -2.23. The van der Waals surface area contributed by atoms with Gasteiger partial charge >= 0.3 is 0 Å². The van der Waals surface area contributed by atoms with Gasteiger partial charge in [-0.15, -0.1) is 11.3 Å². The molecule has 0 unspecified atom stereocenters. The minimum absolute atomic E-state index is 0.226. The molecule has 2 aromatic rings. The van der Waals surface area contributed by atoms with E-state index in [-0.39, 0.29) is 5.91 Å². The molecule has 3 N–H and O–H groups in total. The van der Waals surface area contributed by atoms with Crippen LogP contribution in [0.5, 0.6) is 0 Å². The Kier molecular flexibility index (Phi) is 4.21. The van der Waals surface area contributed by atoms with Crippen LogP contribution in [0.25, 0.3) is 0 Å². The van der Waals surface area contributed by atoms with Crippen LogP contribution in [0.1, 0.15) is 34.1 Å². The first-order valence-electron chi connectivity index (χ1n) is 6.32. The standard InChI is InChI=1S/C13H18N4OS/c1-3-9-5-6-10(19-9)7-15-13(18)12-11(14)8-17(4-2)16-12/h5-6,8H,3-4,7,14H2,1-2H3,(H,15,18). The van der Waals surface area contributed by atoms with Crippen LogP contribution in [0.3, 0.4) is 0 Å². The minimum atomic E-state index is -0.226. The summed E-state index contributed by atoms with van der Waals surface area (Å²) < 4.78 is 1.66. The van der Waals surface area contributed by atoms with Gasteiger partial charge in [0.05, 0.1) is 12.2 Å². The highest BCUT2D eigenvalue weighted by Crippen LogP contribution is 2.17. The first kappa shape index (κ1) is 13.6. The van der Waals surface area contributed by atoms with Crippen molar-refractivity contribution in [2.75, 3.05) is 5.73 Å². The van der Waals surface area contributed by atoms with Crippen LogP contribution in [0.15, 0.2) is 18.3 Å². The molecule has 2 rings (SSSR count). The lowest BCUT2D eigenvalue weighted by atomic mass is 10.3. The number of aromatic nitrogens is 2. The van der Waals surface area contributed by atoms with Gasteiger partial charge in [-0.3, -0.25) is 9.48 Å². The first-order chi connectivity index (χ1) is 9.13. The lowest BCUT2D eigenvalue weighted by Gasteiger charge is -2.01. The van der Waals surface area contributed by atoms with E-state index in [1.807, 2.05) is 13.0 Å². The molecule has 0 spiro atoms. The van der Waals surface area contributed by atoms with Gasteiger partial charge < -0.3 is 11.1 Å². The van der Waals surface area contributed by atoms with Gasteiger partial charge in [0.2, 0.25) is 0 Å². The minimum Gasteiger partial charge on any atom is -0.396 e. The van der Waals surface area contributed by atoms with Crippen molar-refractivity contribution in [3.8, 4) is 0 Å². The number of carbonyl (C=O) groups is 1. The molecule has 0 aliphatic rings. The van der Waals surface area contributed by atoms with E-state index in [0.29, 0.717) is 24.5 Å². The van der Waals surface area contributed by atoms with Gasteiger partial charge in [-0.2, -0.15) is 5.10 Å². The molecule has 0 bridgehead atoms. The topological polar surface area (TPSA) is 72.9 Å². The number of hydrogen-bond acceptors (Lipinski definition) is 4. The normalized spacial score (nSPS) is 10.6. The Balaban J connectivity index is 1.98. The molecule has 102 valence electrons. The highest BCUT2D eigenvalue weighted by atomic mass is 32.1. The quantitative estimate of drug-likeness (QED) is 0.879. The van der Waals surface area contributed by atoms with Gasteiger partial charge in [-0.1, -0.05) is 6.92 Å². The van der Waals surface area contributed by atoms with E-state index in [4.69, 9.17) is 5.73 Å². The van der Waals surface area contributed by atoms with E-state index < -0.39 is 0 Å². The smallest absolute Gasteiger partial charge is 0.274 e. The third-order valence-electron chi connectivity index (χ3n) is 2.82. The Hall–Kier alpha value is -1.82. The number of nitrogens with one attached hydrogen (secondary N) is 1. The van der Waals surface area contributed by atoms with Gasteiger partial charge in [0.15, 0.2) is 5.69 Å². The highest BCUT2D eigenvalue weighted by molar-refractivity contribution is 7.11. The molecule has 0 atom stereocenters. The molecule has 2 heterocycles. The second-order valence-electron chi connectivity index (χ2n) is 4.19. The van der Waals surface area contributed by atoms with Crippen molar-refractivity contribution < 1.29 is 4.79 Å². The van der Waals surface area contributed by atoms with E-state index in [1.54, 1.807) is 22.2 Å². The fourth-order valence-electron chi connectivity index (χ4n) is 1.73. The van der Waals surface area contributed by atoms with Gasteiger partial charge in [0.25, 0.3) is 5.91 Å². The van der Waals surface area contributed by atoms with Crippen LogP contribution >= 0.6 is 11.3 Å². The second kappa shape index (κ2) is 5.88. The zero-order chi connectivity index (χ0) is 13.8. The predicted octanol–water partition coefficient (Wildman–Crippen LogP) is 2.04. The third kappa shape index (κ3) is 3.14. The number of aryl methyl sites for hydroxylation is 2. The van der Waals surface area contributed by atoms with Crippen molar-refractivity contribution in [1.29, 1.82) is 0 Å². The number of hydrogen-bond donors (Lipinski definition) is 2. The molecule has 1 amide bonds. The SMILES string of the molecule is CCc1ccc(CNC(=O)c2nn(CC)cc2N)s1. The maximum absolute atomic E-state index is 12.0. The van der Waals surface area contributed by atoms with Gasteiger partial charge in [-0.25, -0.2) is 0 Å². The first-order valence-corrected chi connectivity index (χ1v) is 7.14. The molecule has 5 nitrogen and oxygen atoms in total. The molecule has 0 aliphatic heterocycles. The molecular weight excluding hydrogens is 260 g/mol.